The van der Waals surface area contributed by atoms with Crippen LogP contribution in [0, 0.1) is 11.6 Å². The Morgan fingerprint density at radius 1 is 0.889 bits per heavy atom. The van der Waals surface area contributed by atoms with Gasteiger partial charge in [-0.15, -0.1) is 0 Å². The summed E-state index contributed by atoms with van der Waals surface area (Å²) in [4.78, 5) is 45.0. The molecule has 1 aromatic heterocycles. The van der Waals surface area contributed by atoms with Crippen LogP contribution in [0.2, 0.25) is 0 Å². The van der Waals surface area contributed by atoms with E-state index in [1.165, 1.54) is 27.0 Å². The minimum absolute atomic E-state index is 0.0594. The number of aromatic nitrogens is 1. The van der Waals surface area contributed by atoms with Gasteiger partial charge in [0, 0.05) is 18.4 Å². The standard InChI is InChI=1S/C29H25F8N5O3/c1-27(2,40-24(43)12-19-6-4-18(31)13-38-19)26(45)39-21-14-42(22-7-5-17(30)11-23(22)41(3)25(21)44)20-9-15(28(32,33)34)8-16(10-20)29(35,36)37/h4-11,13,21H,12,14H2,1-3H3,(H,39,45)(H,40,43)/t21-/m1/s1. The second-order valence-electron chi connectivity index (χ2n) is 10.7. The van der Waals surface area contributed by atoms with Crippen molar-refractivity contribution in [2.45, 2.75) is 44.2 Å². The molecule has 3 amide bonds. The first-order valence-corrected chi connectivity index (χ1v) is 13.1. The van der Waals surface area contributed by atoms with Gasteiger partial charge in [0.15, 0.2) is 0 Å². The van der Waals surface area contributed by atoms with E-state index in [4.69, 9.17) is 0 Å². The number of amides is 3. The third-order valence-electron chi connectivity index (χ3n) is 6.92. The summed E-state index contributed by atoms with van der Waals surface area (Å²) in [6.07, 6.45) is -9.81. The summed E-state index contributed by atoms with van der Waals surface area (Å²) in [6.45, 7) is 1.90. The number of pyridine rings is 1. The fourth-order valence-electron chi connectivity index (χ4n) is 4.61. The van der Waals surface area contributed by atoms with Gasteiger partial charge in [-0.2, -0.15) is 26.3 Å². The number of hydrogen-bond donors (Lipinski definition) is 2. The van der Waals surface area contributed by atoms with Crippen molar-refractivity contribution in [1.29, 1.82) is 0 Å². The Kier molecular flexibility index (Phi) is 8.81. The Morgan fingerprint density at radius 3 is 2.04 bits per heavy atom. The number of fused-ring (bicyclic) bond motifs is 1. The maximum Gasteiger partial charge on any atom is 0.416 e. The van der Waals surface area contributed by atoms with Gasteiger partial charge in [-0.1, -0.05) is 0 Å². The molecule has 3 aromatic rings. The van der Waals surface area contributed by atoms with Gasteiger partial charge in [-0.25, -0.2) is 8.78 Å². The lowest BCUT2D eigenvalue weighted by Gasteiger charge is -2.31. The van der Waals surface area contributed by atoms with Crippen molar-refractivity contribution in [3.8, 4) is 0 Å². The van der Waals surface area contributed by atoms with Crippen LogP contribution >= 0.6 is 0 Å². The van der Waals surface area contributed by atoms with Crippen molar-refractivity contribution in [3.05, 3.63) is 83.2 Å². The molecule has 0 spiro atoms. The Bertz CT molecular complexity index is 1590. The van der Waals surface area contributed by atoms with E-state index in [0.29, 0.717) is 12.1 Å². The van der Waals surface area contributed by atoms with E-state index in [2.05, 4.69) is 15.6 Å². The van der Waals surface area contributed by atoms with Crippen LogP contribution < -0.4 is 20.4 Å². The fourth-order valence-corrected chi connectivity index (χ4v) is 4.61. The van der Waals surface area contributed by atoms with Crippen LogP contribution in [0.3, 0.4) is 0 Å². The fraction of sp³-hybridized carbons (Fsp3) is 0.310. The molecule has 1 atom stereocenters. The van der Waals surface area contributed by atoms with Crippen molar-refractivity contribution < 1.29 is 49.5 Å². The van der Waals surface area contributed by atoms with Gasteiger partial charge >= 0.3 is 12.4 Å². The van der Waals surface area contributed by atoms with Crippen LogP contribution in [0.25, 0.3) is 0 Å². The number of nitrogens with zero attached hydrogens (tertiary/aromatic N) is 3. The molecular weight excluding hydrogens is 618 g/mol. The lowest BCUT2D eigenvalue weighted by Crippen LogP contribution is -2.60. The molecule has 0 bridgehead atoms. The van der Waals surface area contributed by atoms with Crippen molar-refractivity contribution in [1.82, 2.24) is 15.6 Å². The van der Waals surface area contributed by atoms with Gasteiger partial charge in [0.05, 0.1) is 41.7 Å². The third kappa shape index (κ3) is 7.49. The van der Waals surface area contributed by atoms with E-state index >= 15 is 0 Å². The zero-order chi connectivity index (χ0) is 33.5. The molecule has 2 aromatic carbocycles. The van der Waals surface area contributed by atoms with Crippen LogP contribution in [0.4, 0.5) is 52.2 Å². The Hall–Kier alpha value is -4.76. The molecule has 0 radical (unpaired) electrons. The molecule has 0 fully saturated rings. The van der Waals surface area contributed by atoms with Crippen LogP contribution in [0.1, 0.15) is 30.7 Å². The number of hydrogen-bond acceptors (Lipinski definition) is 5. The number of carbonyl (C=O) groups excluding carboxylic acids is 3. The second-order valence-corrected chi connectivity index (χ2v) is 10.7. The zero-order valence-corrected chi connectivity index (χ0v) is 23.8. The normalized spacial score (nSPS) is 15.8. The summed E-state index contributed by atoms with van der Waals surface area (Å²) in [7, 11) is 1.19. The molecule has 240 valence electrons. The molecule has 0 saturated heterocycles. The number of anilines is 3. The average Bonchev–Trinajstić information content (AvgIpc) is 3.03. The van der Waals surface area contributed by atoms with Crippen LogP contribution in [0.15, 0.2) is 54.7 Å². The highest BCUT2D eigenvalue weighted by atomic mass is 19.4. The van der Waals surface area contributed by atoms with Gasteiger partial charge in [-0.05, 0) is 62.4 Å². The molecular formula is C29H25F8N5O3. The summed E-state index contributed by atoms with van der Waals surface area (Å²) in [6, 6.07) is 4.45. The highest BCUT2D eigenvalue weighted by Gasteiger charge is 2.41. The molecule has 4 rings (SSSR count). The Balaban J connectivity index is 1.69. The number of benzene rings is 2. The molecule has 1 aliphatic heterocycles. The van der Waals surface area contributed by atoms with E-state index in [1.54, 1.807) is 0 Å². The lowest BCUT2D eigenvalue weighted by molar-refractivity contribution is -0.143. The summed E-state index contributed by atoms with van der Waals surface area (Å²) >= 11 is 0. The van der Waals surface area contributed by atoms with Crippen molar-refractivity contribution in [2.75, 3.05) is 23.4 Å². The summed E-state index contributed by atoms with van der Waals surface area (Å²) in [5.41, 5.74) is -5.71. The SMILES string of the molecule is CN1C(=O)[C@H](NC(=O)C(C)(C)NC(=O)Cc2ccc(F)cn2)CN(c2cc(C(F)(F)F)cc(C(F)(F)F)c2)c2ccc(F)cc21. The molecule has 0 aliphatic carbocycles. The maximum atomic E-state index is 14.3. The van der Waals surface area contributed by atoms with Crippen LogP contribution in [-0.4, -0.2) is 47.9 Å². The molecule has 0 saturated carbocycles. The van der Waals surface area contributed by atoms with Gasteiger partial charge in [0.2, 0.25) is 11.8 Å². The van der Waals surface area contributed by atoms with Gasteiger partial charge in [-0.3, -0.25) is 19.4 Å². The number of likely N-dealkylation sites (N-methyl/N-ethyl adjacent to an activating group) is 1. The number of rotatable bonds is 6. The monoisotopic (exact) mass is 643 g/mol. The smallest absolute Gasteiger partial charge is 0.342 e. The predicted octanol–water partition coefficient (Wildman–Crippen LogP) is 5.13. The van der Waals surface area contributed by atoms with E-state index in [-0.39, 0.29) is 29.6 Å². The first kappa shape index (κ1) is 33.1. The largest absolute Gasteiger partial charge is 0.416 e. The van der Waals surface area contributed by atoms with E-state index in [1.807, 2.05) is 0 Å². The Labute approximate surface area is 251 Å². The number of nitrogens with one attached hydrogen (secondary N) is 2. The highest BCUT2D eigenvalue weighted by Crippen LogP contribution is 2.43. The van der Waals surface area contributed by atoms with Gasteiger partial charge in [0.1, 0.15) is 23.2 Å². The number of halogens is 8. The van der Waals surface area contributed by atoms with E-state index < -0.39 is 76.6 Å². The highest BCUT2D eigenvalue weighted by molar-refractivity contribution is 6.05. The zero-order valence-electron chi connectivity index (χ0n) is 23.8. The molecule has 1 aliphatic rings. The summed E-state index contributed by atoms with van der Waals surface area (Å²) in [5.74, 6) is -4.00. The summed E-state index contributed by atoms with van der Waals surface area (Å²) < 4.78 is 110. The molecule has 2 N–H and O–H groups in total. The van der Waals surface area contributed by atoms with E-state index in [0.717, 1.165) is 40.3 Å². The predicted molar refractivity (Wildman–Crippen MR) is 145 cm³/mol. The maximum absolute atomic E-state index is 14.3. The van der Waals surface area contributed by atoms with Crippen LogP contribution in [0.5, 0.6) is 0 Å². The van der Waals surface area contributed by atoms with Gasteiger partial charge in [0.25, 0.3) is 5.91 Å². The third-order valence-corrected chi connectivity index (χ3v) is 6.92. The average molecular weight is 644 g/mol. The van der Waals surface area contributed by atoms with Gasteiger partial charge < -0.3 is 20.4 Å². The molecule has 8 nitrogen and oxygen atoms in total. The Morgan fingerprint density at radius 2 is 1.49 bits per heavy atom. The molecule has 45 heavy (non-hydrogen) atoms. The molecule has 2 heterocycles. The lowest BCUT2D eigenvalue weighted by atomic mass is 10.0. The molecule has 0 unspecified atom stereocenters. The second kappa shape index (κ2) is 12.0. The van der Waals surface area contributed by atoms with Crippen molar-refractivity contribution in [2.24, 2.45) is 0 Å². The first-order valence-electron chi connectivity index (χ1n) is 13.1. The minimum atomic E-state index is -5.18. The summed E-state index contributed by atoms with van der Waals surface area (Å²) in [5, 5.41) is 4.85. The topological polar surface area (TPSA) is 94.6 Å². The number of alkyl halides is 6. The number of carbonyl (C=O) groups is 3. The van der Waals surface area contributed by atoms with Crippen molar-refractivity contribution in [3.63, 3.8) is 0 Å². The van der Waals surface area contributed by atoms with E-state index in [9.17, 15) is 49.5 Å². The first-order chi connectivity index (χ1) is 20.8. The quantitative estimate of drug-likeness (QED) is 0.364. The minimum Gasteiger partial charge on any atom is -0.342 e. The molecule has 16 heteroatoms. The van der Waals surface area contributed by atoms with Crippen LogP contribution in [-0.2, 0) is 33.2 Å². The van der Waals surface area contributed by atoms with Crippen molar-refractivity contribution >= 4 is 34.8 Å².